The first-order valence-corrected chi connectivity index (χ1v) is 3.90. The topological polar surface area (TPSA) is 70.1 Å². The summed E-state index contributed by atoms with van der Waals surface area (Å²) in [6.07, 6.45) is 3.27. The fourth-order valence-electron chi connectivity index (χ4n) is 0.594. The highest BCUT2D eigenvalue weighted by molar-refractivity contribution is 7.11. The van der Waals surface area contributed by atoms with Crippen LogP contribution in [0.25, 0.3) is 6.08 Å². The van der Waals surface area contributed by atoms with E-state index in [2.05, 4.69) is 4.98 Å². The van der Waals surface area contributed by atoms with Crippen molar-refractivity contribution in [3.05, 3.63) is 22.2 Å². The molecule has 0 saturated carbocycles. The number of rotatable bonds is 3. The van der Waals surface area contributed by atoms with Gasteiger partial charge in [-0.1, -0.05) is 0 Å². The fourth-order valence-corrected chi connectivity index (χ4v) is 1.21. The SMILES string of the molecule is O=CC=Cc1csc(C(=O)[O-])n1. The first-order chi connectivity index (χ1) is 5.74. The molecule has 1 aromatic rings. The molecule has 0 aliphatic heterocycles. The van der Waals surface area contributed by atoms with Crippen LogP contribution >= 0.6 is 11.3 Å². The van der Waals surface area contributed by atoms with Crippen molar-refractivity contribution in [1.29, 1.82) is 0 Å². The molecule has 0 aliphatic rings. The van der Waals surface area contributed by atoms with Gasteiger partial charge in [0, 0.05) is 5.38 Å². The first kappa shape index (κ1) is 8.61. The first-order valence-electron chi connectivity index (χ1n) is 3.03. The van der Waals surface area contributed by atoms with Crippen LogP contribution in [-0.4, -0.2) is 17.2 Å². The molecular weight excluding hydrogens is 178 g/mol. The van der Waals surface area contributed by atoms with Crippen LogP contribution in [0.2, 0.25) is 0 Å². The summed E-state index contributed by atoms with van der Waals surface area (Å²) in [6, 6.07) is 0. The molecule has 1 rings (SSSR count). The molecule has 0 spiro atoms. The number of hydrogen-bond acceptors (Lipinski definition) is 5. The van der Waals surface area contributed by atoms with E-state index in [-0.39, 0.29) is 5.01 Å². The molecule has 0 aromatic carbocycles. The second-order valence-corrected chi connectivity index (χ2v) is 2.72. The summed E-state index contributed by atoms with van der Waals surface area (Å²) in [4.78, 5) is 23.8. The molecule has 1 heterocycles. The molecule has 0 fully saturated rings. The lowest BCUT2D eigenvalue weighted by molar-refractivity contribution is -0.255. The van der Waals surface area contributed by atoms with Crippen molar-refractivity contribution in [3.63, 3.8) is 0 Å². The van der Waals surface area contributed by atoms with Gasteiger partial charge >= 0.3 is 0 Å². The minimum absolute atomic E-state index is 0.0828. The maximum Gasteiger partial charge on any atom is 0.142 e. The molecule has 0 radical (unpaired) electrons. The highest BCUT2D eigenvalue weighted by Gasteiger charge is 1.98. The van der Waals surface area contributed by atoms with E-state index in [0.29, 0.717) is 12.0 Å². The van der Waals surface area contributed by atoms with Gasteiger partial charge in [0.15, 0.2) is 0 Å². The Balaban J connectivity index is 2.84. The zero-order chi connectivity index (χ0) is 8.97. The Kier molecular flexibility index (Phi) is 2.71. The molecule has 62 valence electrons. The summed E-state index contributed by atoms with van der Waals surface area (Å²) in [5.41, 5.74) is 0.450. The van der Waals surface area contributed by atoms with E-state index < -0.39 is 5.97 Å². The van der Waals surface area contributed by atoms with E-state index in [1.54, 1.807) is 0 Å². The van der Waals surface area contributed by atoms with Crippen molar-refractivity contribution in [1.82, 2.24) is 4.98 Å². The molecule has 0 N–H and O–H groups in total. The van der Waals surface area contributed by atoms with Gasteiger partial charge in [-0.15, -0.1) is 11.3 Å². The number of aldehydes is 1. The second-order valence-electron chi connectivity index (χ2n) is 1.86. The largest absolute Gasteiger partial charge is 0.542 e. The molecule has 0 atom stereocenters. The minimum atomic E-state index is -1.30. The molecule has 12 heavy (non-hydrogen) atoms. The van der Waals surface area contributed by atoms with Crippen molar-refractivity contribution in [2.24, 2.45) is 0 Å². The normalized spacial score (nSPS) is 10.3. The number of thiazole rings is 1. The van der Waals surface area contributed by atoms with Gasteiger partial charge in [-0.05, 0) is 12.2 Å². The standard InChI is InChI=1S/C7H5NO3S/c9-3-1-2-5-4-12-6(8-5)7(10)11/h1-4H,(H,10,11)/p-1. The lowest BCUT2D eigenvalue weighted by Gasteiger charge is -1.91. The van der Waals surface area contributed by atoms with Crippen LogP contribution in [0, 0.1) is 0 Å². The molecule has 5 heteroatoms. The van der Waals surface area contributed by atoms with Gasteiger partial charge in [-0.25, -0.2) is 4.98 Å². The Labute approximate surface area is 72.2 Å². The van der Waals surface area contributed by atoms with E-state index in [0.717, 1.165) is 11.3 Å². The summed E-state index contributed by atoms with van der Waals surface area (Å²) >= 11 is 0.968. The van der Waals surface area contributed by atoms with Crippen LogP contribution in [0.15, 0.2) is 11.5 Å². The van der Waals surface area contributed by atoms with Crippen LogP contribution < -0.4 is 5.11 Å². The van der Waals surface area contributed by atoms with Gasteiger partial charge in [0.05, 0.1) is 5.69 Å². The zero-order valence-corrected chi connectivity index (χ0v) is 6.71. The molecule has 0 bridgehead atoms. The van der Waals surface area contributed by atoms with Gasteiger partial charge in [-0.2, -0.15) is 0 Å². The Morgan fingerprint density at radius 1 is 1.67 bits per heavy atom. The van der Waals surface area contributed by atoms with Crippen LogP contribution in [-0.2, 0) is 4.79 Å². The van der Waals surface area contributed by atoms with Gasteiger partial charge < -0.3 is 9.90 Å². The van der Waals surface area contributed by atoms with E-state index >= 15 is 0 Å². The summed E-state index contributed by atoms with van der Waals surface area (Å²) in [7, 11) is 0. The second kappa shape index (κ2) is 3.77. The highest BCUT2D eigenvalue weighted by atomic mass is 32.1. The maximum atomic E-state index is 10.2. The highest BCUT2D eigenvalue weighted by Crippen LogP contribution is 2.09. The Morgan fingerprint density at radius 2 is 2.42 bits per heavy atom. The summed E-state index contributed by atoms with van der Waals surface area (Å²) < 4.78 is 0. The monoisotopic (exact) mass is 182 g/mol. The Morgan fingerprint density at radius 3 is 2.92 bits per heavy atom. The van der Waals surface area contributed by atoms with Crippen molar-refractivity contribution >= 4 is 29.7 Å². The molecule has 0 saturated heterocycles. The van der Waals surface area contributed by atoms with Crippen molar-refractivity contribution in [2.75, 3.05) is 0 Å². The number of carboxylic acids is 1. The lowest BCUT2D eigenvalue weighted by Crippen LogP contribution is -2.21. The van der Waals surface area contributed by atoms with Gasteiger partial charge in [0.2, 0.25) is 0 Å². The van der Waals surface area contributed by atoms with E-state index in [4.69, 9.17) is 0 Å². The van der Waals surface area contributed by atoms with E-state index in [9.17, 15) is 14.7 Å². The van der Waals surface area contributed by atoms with E-state index in [1.807, 2.05) is 0 Å². The van der Waals surface area contributed by atoms with Crippen molar-refractivity contribution < 1.29 is 14.7 Å². The average Bonchev–Trinajstić information content (AvgIpc) is 2.48. The van der Waals surface area contributed by atoms with Crippen LogP contribution in [0.3, 0.4) is 0 Å². The van der Waals surface area contributed by atoms with Crippen LogP contribution in [0.5, 0.6) is 0 Å². The van der Waals surface area contributed by atoms with Crippen LogP contribution in [0.1, 0.15) is 15.5 Å². The average molecular weight is 182 g/mol. The number of carbonyl (C=O) groups excluding carboxylic acids is 2. The summed E-state index contributed by atoms with van der Waals surface area (Å²) in [5.74, 6) is -1.30. The Bertz CT molecular complexity index is 329. The third-order valence-corrected chi connectivity index (χ3v) is 1.88. The van der Waals surface area contributed by atoms with E-state index in [1.165, 1.54) is 17.5 Å². The number of aromatic carboxylic acids is 1. The quantitative estimate of drug-likeness (QED) is 0.476. The molecule has 0 amide bonds. The van der Waals surface area contributed by atoms with Gasteiger partial charge in [0.25, 0.3) is 0 Å². The number of carbonyl (C=O) groups is 2. The smallest absolute Gasteiger partial charge is 0.142 e. The maximum absolute atomic E-state index is 10.2. The molecule has 4 nitrogen and oxygen atoms in total. The van der Waals surface area contributed by atoms with Gasteiger partial charge in [-0.3, -0.25) is 4.79 Å². The number of hydrogen-bond donors (Lipinski definition) is 0. The lowest BCUT2D eigenvalue weighted by atomic mass is 10.4. The number of nitrogens with zero attached hydrogens (tertiary/aromatic N) is 1. The van der Waals surface area contributed by atoms with Crippen molar-refractivity contribution in [2.45, 2.75) is 0 Å². The fraction of sp³-hybridized carbons (Fsp3) is 0. The molecule has 0 aliphatic carbocycles. The predicted molar refractivity (Wildman–Crippen MR) is 41.5 cm³/mol. The summed E-state index contributed by atoms with van der Waals surface area (Å²) in [6.45, 7) is 0. The molecular formula is C7H4NO3S-. The number of aromatic nitrogens is 1. The predicted octanol–water partition coefficient (Wildman–Crippen LogP) is -0.281. The zero-order valence-electron chi connectivity index (χ0n) is 5.89. The summed E-state index contributed by atoms with van der Waals surface area (Å²) in [5, 5.41) is 11.7. The number of allylic oxidation sites excluding steroid dienone is 1. The molecule has 1 aromatic heterocycles. The molecule has 0 unspecified atom stereocenters. The number of carboxylic acid groups (broad SMARTS) is 1. The Hall–Kier alpha value is -1.49. The van der Waals surface area contributed by atoms with Crippen LogP contribution in [0.4, 0.5) is 0 Å². The third kappa shape index (κ3) is 2.00. The van der Waals surface area contributed by atoms with Gasteiger partial charge in [0.1, 0.15) is 17.3 Å². The van der Waals surface area contributed by atoms with Crippen molar-refractivity contribution in [3.8, 4) is 0 Å². The minimum Gasteiger partial charge on any atom is -0.542 e. The third-order valence-electron chi connectivity index (χ3n) is 1.04.